The molecule has 3 nitrogen and oxygen atoms in total. The third-order valence-corrected chi connectivity index (χ3v) is 4.47. The molecule has 3 rings (SSSR count). The zero-order valence-corrected chi connectivity index (χ0v) is 12.9. The monoisotopic (exact) mass is 297 g/mol. The van der Waals surface area contributed by atoms with Crippen molar-refractivity contribution in [2.24, 2.45) is 11.0 Å². The van der Waals surface area contributed by atoms with Gasteiger partial charge in [0.2, 0.25) is 5.13 Å². The molecule has 108 valence electrons. The number of nitrogens with zero attached hydrogens (tertiary/aromatic N) is 2. The van der Waals surface area contributed by atoms with E-state index in [2.05, 4.69) is 46.7 Å². The molecular formula is C17H19N3S. The highest BCUT2D eigenvalue weighted by atomic mass is 32.1. The lowest BCUT2D eigenvalue weighted by Crippen LogP contribution is -2.04. The maximum atomic E-state index is 4.64. The quantitative estimate of drug-likeness (QED) is 0.496. The second-order valence-electron chi connectivity index (χ2n) is 5.22. The van der Waals surface area contributed by atoms with Crippen LogP contribution in [0.5, 0.6) is 0 Å². The minimum atomic E-state index is 0.553. The molecule has 0 fully saturated rings. The van der Waals surface area contributed by atoms with Crippen LogP contribution in [0.15, 0.2) is 47.6 Å². The number of hydrazone groups is 1. The number of benzene rings is 1. The second-order valence-corrected chi connectivity index (χ2v) is 6.43. The molecule has 21 heavy (non-hydrogen) atoms. The molecule has 1 heterocycles. The molecule has 0 radical (unpaired) electrons. The highest BCUT2D eigenvalue weighted by Gasteiger charge is 2.09. The molecule has 1 unspecified atom stereocenters. The summed E-state index contributed by atoms with van der Waals surface area (Å²) >= 11 is 1.65. The van der Waals surface area contributed by atoms with E-state index in [9.17, 15) is 0 Å². The SMILES string of the molecule is Cc1sc(NN=CC2CC=CCC2)nc1-c1ccccc1. The highest BCUT2D eigenvalue weighted by molar-refractivity contribution is 7.15. The van der Waals surface area contributed by atoms with Crippen molar-refractivity contribution in [2.75, 3.05) is 5.43 Å². The number of allylic oxidation sites excluding steroid dienone is 2. The highest BCUT2D eigenvalue weighted by Crippen LogP contribution is 2.30. The Kier molecular flexibility index (Phi) is 4.46. The fourth-order valence-electron chi connectivity index (χ4n) is 2.46. The Labute approximate surface area is 129 Å². The largest absolute Gasteiger partial charge is 0.253 e. The Morgan fingerprint density at radius 2 is 2.14 bits per heavy atom. The van der Waals surface area contributed by atoms with E-state index >= 15 is 0 Å². The summed E-state index contributed by atoms with van der Waals surface area (Å²) in [6, 6.07) is 10.3. The summed E-state index contributed by atoms with van der Waals surface area (Å²) in [7, 11) is 0. The molecule has 1 atom stereocenters. The molecule has 0 saturated carbocycles. The van der Waals surface area contributed by atoms with Crippen LogP contribution in [0.1, 0.15) is 24.1 Å². The first-order chi connectivity index (χ1) is 10.3. The van der Waals surface area contributed by atoms with Gasteiger partial charge in [0.05, 0.1) is 5.69 Å². The molecule has 0 saturated heterocycles. The molecule has 2 aromatic rings. The van der Waals surface area contributed by atoms with Crippen LogP contribution < -0.4 is 5.43 Å². The number of hydrogen-bond donors (Lipinski definition) is 1. The Hall–Kier alpha value is -1.94. The van der Waals surface area contributed by atoms with Crippen LogP contribution in [-0.2, 0) is 0 Å². The van der Waals surface area contributed by atoms with Crippen molar-refractivity contribution >= 4 is 22.7 Å². The molecule has 0 bridgehead atoms. The summed E-state index contributed by atoms with van der Waals surface area (Å²) in [4.78, 5) is 5.85. The predicted octanol–water partition coefficient (Wildman–Crippen LogP) is 4.87. The normalized spacial score (nSPS) is 18.2. The fourth-order valence-corrected chi connectivity index (χ4v) is 3.24. The van der Waals surface area contributed by atoms with Crippen molar-refractivity contribution in [1.82, 2.24) is 4.98 Å². The van der Waals surface area contributed by atoms with Crippen molar-refractivity contribution < 1.29 is 0 Å². The zero-order valence-electron chi connectivity index (χ0n) is 12.1. The molecule has 1 N–H and O–H groups in total. The second kappa shape index (κ2) is 6.68. The van der Waals surface area contributed by atoms with Gasteiger partial charge in [-0.25, -0.2) is 4.98 Å². The van der Waals surface area contributed by atoms with Crippen LogP contribution in [0, 0.1) is 12.8 Å². The van der Waals surface area contributed by atoms with Crippen LogP contribution in [0.4, 0.5) is 5.13 Å². The van der Waals surface area contributed by atoms with Gasteiger partial charge >= 0.3 is 0 Å². The summed E-state index contributed by atoms with van der Waals surface area (Å²) in [6.45, 7) is 2.10. The van der Waals surface area contributed by atoms with Gasteiger partial charge < -0.3 is 0 Å². The number of thiazole rings is 1. The van der Waals surface area contributed by atoms with E-state index in [1.165, 1.54) is 11.3 Å². The van der Waals surface area contributed by atoms with Gasteiger partial charge in [-0.3, -0.25) is 5.43 Å². The number of anilines is 1. The topological polar surface area (TPSA) is 37.3 Å². The van der Waals surface area contributed by atoms with Crippen molar-refractivity contribution in [3.8, 4) is 11.3 Å². The summed E-state index contributed by atoms with van der Waals surface area (Å²) in [5, 5.41) is 5.21. The van der Waals surface area contributed by atoms with Gasteiger partial charge in [0.25, 0.3) is 0 Å². The van der Waals surface area contributed by atoms with Crippen molar-refractivity contribution in [1.29, 1.82) is 0 Å². The molecule has 1 aromatic heterocycles. The van der Waals surface area contributed by atoms with Crippen LogP contribution in [0.3, 0.4) is 0 Å². The lowest BCUT2D eigenvalue weighted by atomic mass is 9.96. The first-order valence-corrected chi connectivity index (χ1v) is 8.11. The van der Waals surface area contributed by atoms with Crippen LogP contribution in [0.25, 0.3) is 11.3 Å². The van der Waals surface area contributed by atoms with E-state index < -0.39 is 0 Å². The molecule has 1 aliphatic rings. The van der Waals surface area contributed by atoms with Gasteiger partial charge in [0.15, 0.2) is 0 Å². The zero-order chi connectivity index (χ0) is 14.5. The number of hydrogen-bond acceptors (Lipinski definition) is 4. The van der Waals surface area contributed by atoms with Gasteiger partial charge in [-0.2, -0.15) is 5.10 Å². The third-order valence-electron chi connectivity index (χ3n) is 3.60. The number of aryl methyl sites for hydroxylation is 1. The van der Waals surface area contributed by atoms with E-state index in [1.807, 2.05) is 24.4 Å². The Morgan fingerprint density at radius 3 is 2.90 bits per heavy atom. The molecule has 0 aliphatic heterocycles. The van der Waals surface area contributed by atoms with Gasteiger partial charge in [-0.1, -0.05) is 42.5 Å². The minimum absolute atomic E-state index is 0.553. The number of nitrogens with one attached hydrogen (secondary N) is 1. The van der Waals surface area contributed by atoms with E-state index in [0.29, 0.717) is 5.92 Å². The lowest BCUT2D eigenvalue weighted by molar-refractivity contribution is 0.627. The summed E-state index contributed by atoms with van der Waals surface area (Å²) in [5.41, 5.74) is 5.27. The van der Waals surface area contributed by atoms with Crippen LogP contribution in [0.2, 0.25) is 0 Å². The van der Waals surface area contributed by atoms with Crippen molar-refractivity contribution in [3.63, 3.8) is 0 Å². The van der Waals surface area contributed by atoms with E-state index in [4.69, 9.17) is 0 Å². The van der Waals surface area contributed by atoms with E-state index in [1.54, 1.807) is 11.3 Å². The maximum absolute atomic E-state index is 4.64. The average molecular weight is 297 g/mol. The van der Waals surface area contributed by atoms with Gasteiger partial charge in [-0.05, 0) is 32.1 Å². The number of aromatic nitrogens is 1. The Bertz CT molecular complexity index is 643. The molecule has 4 heteroatoms. The van der Waals surface area contributed by atoms with Crippen molar-refractivity contribution in [3.05, 3.63) is 47.4 Å². The minimum Gasteiger partial charge on any atom is -0.253 e. The molecule has 0 spiro atoms. The molecule has 0 amide bonds. The summed E-state index contributed by atoms with van der Waals surface area (Å²) in [6.07, 6.45) is 9.94. The van der Waals surface area contributed by atoms with Crippen molar-refractivity contribution in [2.45, 2.75) is 26.2 Å². The third kappa shape index (κ3) is 3.58. The molecule has 1 aromatic carbocycles. The lowest BCUT2D eigenvalue weighted by Gasteiger charge is -2.11. The maximum Gasteiger partial charge on any atom is 0.204 e. The predicted molar refractivity (Wildman–Crippen MR) is 90.9 cm³/mol. The summed E-state index contributed by atoms with van der Waals surface area (Å²) < 4.78 is 0. The smallest absolute Gasteiger partial charge is 0.204 e. The Morgan fingerprint density at radius 1 is 1.29 bits per heavy atom. The standard InChI is InChI=1S/C17H19N3S/c1-13-16(15-10-6-3-7-11-15)19-17(21-13)20-18-12-14-8-4-2-5-9-14/h2-4,6-7,10-12,14H,5,8-9H2,1H3,(H,19,20). The van der Waals surface area contributed by atoms with Gasteiger partial charge in [0.1, 0.15) is 0 Å². The molecular weight excluding hydrogens is 278 g/mol. The fraction of sp³-hybridized carbons (Fsp3) is 0.294. The first kappa shape index (κ1) is 14.0. The van der Waals surface area contributed by atoms with Gasteiger partial charge in [0, 0.05) is 16.7 Å². The summed E-state index contributed by atoms with van der Waals surface area (Å²) in [5.74, 6) is 0.553. The van der Waals surface area contributed by atoms with E-state index in [-0.39, 0.29) is 0 Å². The van der Waals surface area contributed by atoms with Crippen LogP contribution in [-0.4, -0.2) is 11.2 Å². The van der Waals surface area contributed by atoms with E-state index in [0.717, 1.165) is 29.2 Å². The number of rotatable bonds is 4. The van der Waals surface area contributed by atoms with Crippen LogP contribution >= 0.6 is 11.3 Å². The molecule has 1 aliphatic carbocycles. The first-order valence-electron chi connectivity index (χ1n) is 7.30. The average Bonchev–Trinajstić information content (AvgIpc) is 2.90. The van der Waals surface area contributed by atoms with Gasteiger partial charge in [-0.15, -0.1) is 11.3 Å². The Balaban J connectivity index is 1.67.